The van der Waals surface area contributed by atoms with Crippen LogP contribution in [-0.4, -0.2) is 27.3 Å². The van der Waals surface area contributed by atoms with E-state index in [-0.39, 0.29) is 18.0 Å². The van der Waals surface area contributed by atoms with Crippen LogP contribution in [0.15, 0.2) is 6.20 Å². The average molecular weight is 199 g/mol. The number of hydrogen-bond acceptors (Lipinski definition) is 5. The number of aryl methyl sites for hydroxylation is 1. The number of ether oxygens (including phenoxy) is 1. The Morgan fingerprint density at radius 2 is 2.43 bits per heavy atom. The molecule has 0 aliphatic carbocycles. The Kier molecular flexibility index (Phi) is 2.80. The Labute approximate surface area is 79.4 Å². The summed E-state index contributed by atoms with van der Waals surface area (Å²) in [7, 11) is 1.50. The Morgan fingerprint density at radius 1 is 1.79 bits per heavy atom. The summed E-state index contributed by atoms with van der Waals surface area (Å²) in [6.45, 7) is 1.78. The average Bonchev–Trinajstić information content (AvgIpc) is 2.48. The first-order valence-electron chi connectivity index (χ1n) is 3.91. The lowest BCUT2D eigenvalue weighted by atomic mass is 10.4. The van der Waals surface area contributed by atoms with Gasteiger partial charge in [0.25, 0.3) is 0 Å². The van der Waals surface area contributed by atoms with Crippen molar-refractivity contribution in [2.75, 3.05) is 6.61 Å². The smallest absolute Gasteiger partial charge is 0.366 e. The minimum atomic E-state index is -0.778. The van der Waals surface area contributed by atoms with Crippen LogP contribution in [0.25, 0.3) is 0 Å². The molecule has 0 N–H and O–H groups in total. The fraction of sp³-hybridized carbons (Fsp3) is 0.429. The monoisotopic (exact) mass is 199 g/mol. The summed E-state index contributed by atoms with van der Waals surface area (Å²) in [4.78, 5) is 21.0. The molecule has 7 heteroatoms. The third kappa shape index (κ3) is 1.87. The summed E-state index contributed by atoms with van der Waals surface area (Å²) in [5.74, 6) is -0.778. The number of nitro groups is 1. The third-order valence-electron chi connectivity index (χ3n) is 1.47. The van der Waals surface area contributed by atoms with Crippen LogP contribution >= 0.6 is 0 Å². The molecule has 1 aromatic rings. The topological polar surface area (TPSA) is 87.3 Å². The summed E-state index contributed by atoms with van der Waals surface area (Å²) in [5.41, 5.74) is -0.606. The van der Waals surface area contributed by atoms with Gasteiger partial charge in [0.1, 0.15) is 6.20 Å². The van der Waals surface area contributed by atoms with Crippen LogP contribution < -0.4 is 0 Å². The van der Waals surface area contributed by atoms with Crippen molar-refractivity contribution in [2.45, 2.75) is 6.92 Å². The zero-order valence-electron chi connectivity index (χ0n) is 7.76. The van der Waals surface area contributed by atoms with Crippen molar-refractivity contribution in [2.24, 2.45) is 7.05 Å². The van der Waals surface area contributed by atoms with Gasteiger partial charge in [-0.05, 0) is 6.92 Å². The summed E-state index contributed by atoms with van der Waals surface area (Å²) < 4.78 is 5.81. The number of carbonyl (C=O) groups is 1. The minimum absolute atomic E-state index is 0.159. The van der Waals surface area contributed by atoms with Gasteiger partial charge in [-0.2, -0.15) is 5.10 Å². The zero-order valence-corrected chi connectivity index (χ0v) is 7.76. The predicted octanol–water partition coefficient (Wildman–Crippen LogP) is 0.505. The molecule has 0 aromatic carbocycles. The van der Waals surface area contributed by atoms with Crippen LogP contribution in [0.4, 0.5) is 5.69 Å². The van der Waals surface area contributed by atoms with Crippen LogP contribution in [0, 0.1) is 10.1 Å². The highest BCUT2D eigenvalue weighted by Crippen LogP contribution is 2.16. The molecule has 0 atom stereocenters. The highest BCUT2D eigenvalue weighted by molar-refractivity contribution is 5.91. The molecule has 7 nitrogen and oxygen atoms in total. The standard InChI is InChI=1S/C7H9N3O4/c1-3-14-7(11)6-5(10(12)13)4-9(2)8-6/h4H,3H2,1-2H3. The van der Waals surface area contributed by atoms with Crippen molar-refractivity contribution < 1.29 is 14.5 Å². The maximum Gasteiger partial charge on any atom is 0.366 e. The lowest BCUT2D eigenvalue weighted by Gasteiger charge is -1.96. The molecule has 0 amide bonds. The first kappa shape index (κ1) is 10.2. The van der Waals surface area contributed by atoms with E-state index in [0.29, 0.717) is 0 Å². The largest absolute Gasteiger partial charge is 0.461 e. The molecular weight excluding hydrogens is 190 g/mol. The summed E-state index contributed by atoms with van der Waals surface area (Å²) >= 11 is 0. The van der Waals surface area contributed by atoms with E-state index in [1.165, 1.54) is 11.7 Å². The lowest BCUT2D eigenvalue weighted by molar-refractivity contribution is -0.385. The molecule has 76 valence electrons. The van der Waals surface area contributed by atoms with Gasteiger partial charge in [0.05, 0.1) is 11.5 Å². The predicted molar refractivity (Wildman–Crippen MR) is 45.8 cm³/mol. The first-order valence-corrected chi connectivity index (χ1v) is 3.91. The molecular formula is C7H9N3O4. The van der Waals surface area contributed by atoms with Gasteiger partial charge in [-0.25, -0.2) is 4.79 Å². The van der Waals surface area contributed by atoms with Crippen molar-refractivity contribution in [1.82, 2.24) is 9.78 Å². The molecule has 0 bridgehead atoms. The Morgan fingerprint density at radius 3 is 2.93 bits per heavy atom. The second-order valence-corrected chi connectivity index (χ2v) is 2.51. The molecule has 1 aromatic heterocycles. The molecule has 0 radical (unpaired) electrons. The van der Waals surface area contributed by atoms with Gasteiger partial charge >= 0.3 is 11.7 Å². The fourth-order valence-corrected chi connectivity index (χ4v) is 0.954. The number of rotatable bonds is 3. The van der Waals surface area contributed by atoms with Crippen LogP contribution in [0.1, 0.15) is 17.4 Å². The van der Waals surface area contributed by atoms with E-state index in [4.69, 9.17) is 0 Å². The first-order chi connectivity index (χ1) is 6.56. The van der Waals surface area contributed by atoms with E-state index < -0.39 is 10.9 Å². The molecule has 0 saturated heterocycles. The van der Waals surface area contributed by atoms with E-state index in [9.17, 15) is 14.9 Å². The highest BCUT2D eigenvalue weighted by atomic mass is 16.6. The van der Waals surface area contributed by atoms with Gasteiger partial charge in [0.2, 0.25) is 5.69 Å². The van der Waals surface area contributed by atoms with Gasteiger partial charge in [0, 0.05) is 7.05 Å². The number of esters is 1. The van der Waals surface area contributed by atoms with Gasteiger partial charge in [-0.3, -0.25) is 14.8 Å². The van der Waals surface area contributed by atoms with E-state index in [0.717, 1.165) is 6.20 Å². The van der Waals surface area contributed by atoms with E-state index in [1.54, 1.807) is 6.92 Å². The van der Waals surface area contributed by atoms with Gasteiger partial charge < -0.3 is 4.74 Å². The Bertz CT molecular complexity index is 371. The SMILES string of the molecule is CCOC(=O)c1nn(C)cc1[N+](=O)[O-]. The normalized spacial score (nSPS) is 9.86. The fourth-order valence-electron chi connectivity index (χ4n) is 0.954. The van der Waals surface area contributed by atoms with E-state index >= 15 is 0 Å². The van der Waals surface area contributed by atoms with E-state index in [1.807, 2.05) is 0 Å². The summed E-state index contributed by atoms with van der Waals surface area (Å²) in [5, 5.41) is 14.1. The molecule has 0 unspecified atom stereocenters. The molecule has 0 aliphatic heterocycles. The molecule has 0 spiro atoms. The van der Waals surface area contributed by atoms with Crippen molar-refractivity contribution in [3.8, 4) is 0 Å². The molecule has 1 rings (SSSR count). The highest BCUT2D eigenvalue weighted by Gasteiger charge is 2.25. The molecule has 1 heterocycles. The number of nitrogens with zero attached hydrogens (tertiary/aromatic N) is 3. The maximum absolute atomic E-state index is 11.2. The summed E-state index contributed by atoms with van der Waals surface area (Å²) in [6.07, 6.45) is 1.16. The molecule has 0 saturated carbocycles. The lowest BCUT2D eigenvalue weighted by Crippen LogP contribution is -2.08. The van der Waals surface area contributed by atoms with Crippen molar-refractivity contribution >= 4 is 11.7 Å². The van der Waals surface area contributed by atoms with Gasteiger partial charge in [-0.15, -0.1) is 0 Å². The molecule has 14 heavy (non-hydrogen) atoms. The van der Waals surface area contributed by atoms with Crippen molar-refractivity contribution in [1.29, 1.82) is 0 Å². The number of hydrogen-bond donors (Lipinski definition) is 0. The van der Waals surface area contributed by atoms with E-state index in [2.05, 4.69) is 9.84 Å². The van der Waals surface area contributed by atoms with Crippen molar-refractivity contribution in [3.05, 3.63) is 22.0 Å². The van der Waals surface area contributed by atoms with Crippen LogP contribution in [0.3, 0.4) is 0 Å². The van der Waals surface area contributed by atoms with Crippen LogP contribution in [0.5, 0.6) is 0 Å². The van der Waals surface area contributed by atoms with Crippen LogP contribution in [0.2, 0.25) is 0 Å². The van der Waals surface area contributed by atoms with Gasteiger partial charge in [0.15, 0.2) is 0 Å². The zero-order chi connectivity index (χ0) is 10.7. The van der Waals surface area contributed by atoms with Gasteiger partial charge in [-0.1, -0.05) is 0 Å². The second-order valence-electron chi connectivity index (χ2n) is 2.51. The number of carbonyl (C=O) groups excluding carboxylic acids is 1. The number of aromatic nitrogens is 2. The van der Waals surface area contributed by atoms with Crippen molar-refractivity contribution in [3.63, 3.8) is 0 Å². The quantitative estimate of drug-likeness (QED) is 0.402. The molecule has 0 fully saturated rings. The molecule has 0 aliphatic rings. The Balaban J connectivity index is 3.06. The van der Waals surface area contributed by atoms with Crippen LogP contribution in [-0.2, 0) is 11.8 Å². The third-order valence-corrected chi connectivity index (χ3v) is 1.47. The second kappa shape index (κ2) is 3.86. The minimum Gasteiger partial charge on any atom is -0.461 e. The Hall–Kier alpha value is -1.92. The maximum atomic E-state index is 11.2. The summed E-state index contributed by atoms with van der Waals surface area (Å²) in [6, 6.07) is 0.